The highest BCUT2D eigenvalue weighted by atomic mass is 28.4. The van der Waals surface area contributed by atoms with Crippen LogP contribution >= 0.6 is 0 Å². The molecule has 2 radical (unpaired) electrons. The molecule has 5 nitrogen and oxygen atoms in total. The van der Waals surface area contributed by atoms with Gasteiger partial charge < -0.3 is 13.6 Å². The summed E-state index contributed by atoms with van der Waals surface area (Å²) < 4.78 is 16.2. The Morgan fingerprint density at radius 3 is 1.48 bits per heavy atom. The minimum atomic E-state index is -0.863. The molecule has 0 aliphatic carbocycles. The molecular weight excluding hydrogens is 328 g/mol. The molecule has 0 aliphatic heterocycles. The Morgan fingerprint density at radius 1 is 0.826 bits per heavy atom. The third-order valence-electron chi connectivity index (χ3n) is 2.86. The number of hydrogen-bond acceptors (Lipinski definition) is 5. The van der Waals surface area contributed by atoms with Gasteiger partial charge in [-0.15, -0.1) is 0 Å². The number of carbonyl (C=O) groups is 2. The van der Waals surface area contributed by atoms with Crippen molar-refractivity contribution in [3.63, 3.8) is 0 Å². The zero-order valence-electron chi connectivity index (χ0n) is 14.7. The first kappa shape index (κ1) is 21.8. The van der Waals surface area contributed by atoms with Crippen molar-refractivity contribution in [2.45, 2.75) is 51.9 Å². The van der Waals surface area contributed by atoms with Crippen molar-refractivity contribution >= 4 is 30.0 Å². The Hall–Kier alpha value is -1.19. The molecule has 23 heavy (non-hydrogen) atoms. The van der Waals surface area contributed by atoms with Crippen molar-refractivity contribution in [1.82, 2.24) is 0 Å². The lowest BCUT2D eigenvalue weighted by atomic mass is 10.4. The van der Waals surface area contributed by atoms with Crippen LogP contribution in [0.25, 0.3) is 0 Å². The van der Waals surface area contributed by atoms with E-state index >= 15 is 0 Å². The lowest BCUT2D eigenvalue weighted by Crippen LogP contribution is -2.25. The van der Waals surface area contributed by atoms with E-state index in [4.69, 9.17) is 13.6 Å². The fraction of sp³-hybridized carbons (Fsp3) is 0.625. The molecule has 0 saturated carbocycles. The highest BCUT2D eigenvalue weighted by Crippen LogP contribution is 2.07. The van der Waals surface area contributed by atoms with E-state index in [9.17, 15) is 9.59 Å². The van der Waals surface area contributed by atoms with Crippen LogP contribution in [0.2, 0.25) is 25.2 Å². The van der Waals surface area contributed by atoms with E-state index in [2.05, 4.69) is 26.3 Å². The summed E-state index contributed by atoms with van der Waals surface area (Å²) in [6, 6.07) is 1.89. The predicted molar refractivity (Wildman–Crippen MR) is 94.7 cm³/mol. The zero-order chi connectivity index (χ0) is 17.8. The SMILES string of the molecule is C=C(C)C(=O)OCCC[Si](C)O[Si](C)CCCOC(=O)C(=C)C. The average Bonchev–Trinajstić information content (AvgIpc) is 2.47. The maximum Gasteiger partial charge on any atom is 0.333 e. The summed E-state index contributed by atoms with van der Waals surface area (Å²) >= 11 is 0. The van der Waals surface area contributed by atoms with Gasteiger partial charge in [0.2, 0.25) is 0 Å². The van der Waals surface area contributed by atoms with Crippen LogP contribution in [0.15, 0.2) is 24.3 Å². The average molecular weight is 357 g/mol. The Balaban J connectivity index is 3.67. The van der Waals surface area contributed by atoms with Gasteiger partial charge in [0.1, 0.15) is 0 Å². The van der Waals surface area contributed by atoms with E-state index in [-0.39, 0.29) is 11.9 Å². The van der Waals surface area contributed by atoms with Gasteiger partial charge in [-0.05, 0) is 51.9 Å². The van der Waals surface area contributed by atoms with Gasteiger partial charge in [0.05, 0.1) is 13.2 Å². The van der Waals surface area contributed by atoms with E-state index in [1.807, 2.05) is 0 Å². The normalized spacial score (nSPS) is 10.7. The van der Waals surface area contributed by atoms with Crippen LogP contribution < -0.4 is 0 Å². The van der Waals surface area contributed by atoms with Crippen LogP contribution in [-0.2, 0) is 23.2 Å². The van der Waals surface area contributed by atoms with Gasteiger partial charge in [-0.1, -0.05) is 13.2 Å². The lowest BCUT2D eigenvalue weighted by molar-refractivity contribution is -0.139. The molecule has 0 aromatic carbocycles. The topological polar surface area (TPSA) is 61.8 Å². The van der Waals surface area contributed by atoms with E-state index in [1.165, 1.54) is 0 Å². The van der Waals surface area contributed by atoms with Crippen LogP contribution in [0, 0.1) is 0 Å². The van der Waals surface area contributed by atoms with E-state index < -0.39 is 18.1 Å². The van der Waals surface area contributed by atoms with Crippen molar-refractivity contribution in [3.05, 3.63) is 24.3 Å². The fourth-order valence-corrected chi connectivity index (χ4v) is 6.10. The number of rotatable bonds is 12. The number of esters is 2. The molecule has 0 aliphatic rings. The van der Waals surface area contributed by atoms with Crippen LogP contribution in [0.3, 0.4) is 0 Å². The molecule has 0 heterocycles. The molecule has 0 atom stereocenters. The van der Waals surface area contributed by atoms with Crippen LogP contribution in [0.5, 0.6) is 0 Å². The minimum Gasteiger partial charge on any atom is -0.462 e. The summed E-state index contributed by atoms with van der Waals surface area (Å²) in [7, 11) is -1.73. The minimum absolute atomic E-state index is 0.333. The summed E-state index contributed by atoms with van der Waals surface area (Å²) in [5, 5.41) is 0. The Morgan fingerprint density at radius 2 is 1.17 bits per heavy atom. The summed E-state index contributed by atoms with van der Waals surface area (Å²) in [5.41, 5.74) is 0.851. The second kappa shape index (κ2) is 12.3. The van der Waals surface area contributed by atoms with Crippen LogP contribution in [-0.4, -0.2) is 43.2 Å². The van der Waals surface area contributed by atoms with Gasteiger partial charge in [0.15, 0.2) is 18.1 Å². The van der Waals surface area contributed by atoms with Crippen molar-refractivity contribution in [1.29, 1.82) is 0 Å². The molecule has 0 amide bonds. The smallest absolute Gasteiger partial charge is 0.333 e. The number of ether oxygens (including phenoxy) is 2. The van der Waals surface area contributed by atoms with Crippen LogP contribution in [0.4, 0.5) is 0 Å². The first-order chi connectivity index (χ1) is 10.7. The summed E-state index contributed by atoms with van der Waals surface area (Å²) in [6.45, 7) is 15.4. The molecule has 0 aromatic rings. The molecular formula is C16H28O5Si2. The van der Waals surface area contributed by atoms with E-state index in [0.29, 0.717) is 24.4 Å². The Labute approximate surface area is 143 Å². The largest absolute Gasteiger partial charge is 0.462 e. The van der Waals surface area contributed by atoms with Crippen molar-refractivity contribution in [2.24, 2.45) is 0 Å². The summed E-state index contributed by atoms with van der Waals surface area (Å²) in [4.78, 5) is 22.4. The molecule has 0 unspecified atom stereocenters. The highest BCUT2D eigenvalue weighted by Gasteiger charge is 2.14. The molecule has 130 valence electrons. The third-order valence-corrected chi connectivity index (χ3v) is 7.76. The van der Waals surface area contributed by atoms with Crippen LogP contribution in [0.1, 0.15) is 26.7 Å². The summed E-state index contributed by atoms with van der Waals surface area (Å²) in [5.74, 6) is -0.666. The monoisotopic (exact) mass is 356 g/mol. The van der Waals surface area contributed by atoms with Gasteiger partial charge in [-0.2, -0.15) is 0 Å². The molecule has 0 aromatic heterocycles. The maximum atomic E-state index is 11.2. The van der Waals surface area contributed by atoms with Gasteiger partial charge in [0.25, 0.3) is 0 Å². The van der Waals surface area contributed by atoms with Gasteiger partial charge >= 0.3 is 11.9 Å². The van der Waals surface area contributed by atoms with Crippen molar-refractivity contribution in [2.75, 3.05) is 13.2 Å². The zero-order valence-corrected chi connectivity index (χ0v) is 16.7. The standard InChI is InChI=1S/C16H28O5Si2/c1-13(2)15(17)19-9-7-11-22(5)21-23(6)12-8-10-20-16(18)14(3)4/h1,3,7-12H2,2,4-6H3. The van der Waals surface area contributed by atoms with E-state index in [1.54, 1.807) is 13.8 Å². The number of carbonyl (C=O) groups excluding carboxylic acids is 2. The number of hydrogen-bond donors (Lipinski definition) is 0. The first-order valence-electron chi connectivity index (χ1n) is 7.72. The molecule has 0 N–H and O–H groups in total. The van der Waals surface area contributed by atoms with Crippen molar-refractivity contribution < 1.29 is 23.2 Å². The second-order valence-electron chi connectivity index (χ2n) is 5.55. The first-order valence-corrected chi connectivity index (χ1v) is 11.9. The second-order valence-corrected chi connectivity index (χ2v) is 10.2. The van der Waals surface area contributed by atoms with E-state index in [0.717, 1.165) is 24.9 Å². The predicted octanol–water partition coefficient (Wildman–Crippen LogP) is 3.26. The van der Waals surface area contributed by atoms with Gasteiger partial charge in [0, 0.05) is 11.1 Å². The highest BCUT2D eigenvalue weighted by molar-refractivity contribution is 6.64. The molecule has 0 bridgehead atoms. The molecule has 0 fully saturated rings. The molecule has 0 saturated heterocycles. The third kappa shape index (κ3) is 12.0. The Bertz CT molecular complexity index is 385. The Kier molecular flexibility index (Phi) is 11.6. The molecule has 0 rings (SSSR count). The molecule has 0 spiro atoms. The van der Waals surface area contributed by atoms with Gasteiger partial charge in [-0.25, -0.2) is 9.59 Å². The maximum absolute atomic E-state index is 11.2. The fourth-order valence-electron chi connectivity index (χ4n) is 1.62. The molecule has 7 heteroatoms. The van der Waals surface area contributed by atoms with Crippen molar-refractivity contribution in [3.8, 4) is 0 Å². The van der Waals surface area contributed by atoms with Gasteiger partial charge in [-0.3, -0.25) is 0 Å². The lowest BCUT2D eigenvalue weighted by Gasteiger charge is -2.16. The summed E-state index contributed by atoms with van der Waals surface area (Å²) in [6.07, 6.45) is 1.63. The quantitative estimate of drug-likeness (QED) is 0.232.